The van der Waals surface area contributed by atoms with Crippen molar-refractivity contribution in [3.05, 3.63) is 282 Å². The van der Waals surface area contributed by atoms with Crippen LogP contribution in [-0.2, 0) is 0 Å². The molecular weight excluding hydrogens is 881 g/mol. The number of hydrogen-bond acceptors (Lipinski definition) is 2. The highest BCUT2D eigenvalue weighted by molar-refractivity contribution is 5.75. The van der Waals surface area contributed by atoms with Crippen LogP contribution in [0.4, 0.5) is 17.1 Å². The molecule has 0 radical (unpaired) electrons. The molecule has 1 aliphatic heterocycles. The van der Waals surface area contributed by atoms with Gasteiger partial charge in [-0.3, -0.25) is 0 Å². The average molecular weight is 976 g/mol. The van der Waals surface area contributed by atoms with E-state index in [1.165, 1.54) is 67.9 Å². The Hall–Kier alpha value is -7.16. The molecule has 73 heavy (non-hydrogen) atoms. The normalized spacial score (nSPS) is 13.1. The van der Waals surface area contributed by atoms with Crippen LogP contribution < -0.4 is 10.6 Å². The van der Waals surface area contributed by atoms with E-state index in [2.05, 4.69) is 212 Å². The van der Waals surface area contributed by atoms with Gasteiger partial charge in [-0.1, -0.05) is 285 Å². The van der Waals surface area contributed by atoms with Gasteiger partial charge in [-0.2, -0.15) is 0 Å². The lowest BCUT2D eigenvalue weighted by Crippen LogP contribution is -2.28. The lowest BCUT2D eigenvalue weighted by Gasteiger charge is -2.28. The average Bonchev–Trinajstić information content (AvgIpc) is 3.76. The fraction of sp³-hybridized carbons (Fsp3) is 0.268. The lowest BCUT2D eigenvalue weighted by atomic mass is 9.91. The number of nitrogen functional groups attached to an aromatic ring is 1. The first-order valence-corrected chi connectivity index (χ1v) is 26.6. The number of nitrogens with zero attached hydrogens (tertiary/aromatic N) is 1. The quantitative estimate of drug-likeness (QED) is 0.128. The van der Waals surface area contributed by atoms with Gasteiger partial charge in [-0.05, 0) is 125 Å². The first-order chi connectivity index (χ1) is 35.3. The van der Waals surface area contributed by atoms with Crippen LogP contribution >= 0.6 is 0 Å². The molecule has 0 bridgehead atoms. The van der Waals surface area contributed by atoms with Crippen molar-refractivity contribution in [1.82, 2.24) is 0 Å². The summed E-state index contributed by atoms with van der Waals surface area (Å²) in [5.41, 5.74) is 22.7. The maximum atomic E-state index is 5.43. The molecule has 8 rings (SSSR count). The summed E-state index contributed by atoms with van der Waals surface area (Å²) in [7, 11) is 0. The molecule has 0 saturated heterocycles. The number of fused-ring (bicyclic) bond motifs is 3. The minimum atomic E-state index is 0.403. The largest absolute Gasteiger partial charge is 0.399 e. The van der Waals surface area contributed by atoms with Crippen molar-refractivity contribution < 1.29 is 0 Å². The zero-order chi connectivity index (χ0) is 55.0. The molecule has 6 aromatic rings. The second kappa shape index (κ2) is 40.4. The van der Waals surface area contributed by atoms with Crippen LogP contribution in [0.15, 0.2) is 243 Å². The fourth-order valence-electron chi connectivity index (χ4n) is 7.03. The first kappa shape index (κ1) is 65.8. The van der Waals surface area contributed by atoms with Gasteiger partial charge < -0.3 is 10.6 Å². The van der Waals surface area contributed by atoms with E-state index in [1.54, 1.807) is 0 Å². The number of aryl methyl sites for hydroxylation is 6. The van der Waals surface area contributed by atoms with Crippen LogP contribution in [0.5, 0.6) is 0 Å². The minimum Gasteiger partial charge on any atom is -0.399 e. The summed E-state index contributed by atoms with van der Waals surface area (Å²) < 4.78 is 0. The summed E-state index contributed by atoms with van der Waals surface area (Å²) in [6.07, 6.45) is 25.9. The van der Waals surface area contributed by atoms with E-state index < -0.39 is 0 Å². The summed E-state index contributed by atoms with van der Waals surface area (Å²) in [6, 6.07) is 51.3. The molecule has 2 nitrogen and oxygen atoms in total. The minimum absolute atomic E-state index is 0.403. The molecule has 2 unspecified atom stereocenters. The third kappa shape index (κ3) is 25.2. The predicted molar refractivity (Wildman–Crippen MR) is 334 cm³/mol. The van der Waals surface area contributed by atoms with Crippen LogP contribution in [0, 0.1) is 41.5 Å². The summed E-state index contributed by atoms with van der Waals surface area (Å²) in [5, 5.41) is 0. The Bertz CT molecular complexity index is 2410. The maximum absolute atomic E-state index is 5.43. The lowest BCUT2D eigenvalue weighted by molar-refractivity contribution is 0.744. The van der Waals surface area contributed by atoms with Gasteiger partial charge in [0.05, 0.1) is 6.04 Å². The number of para-hydroxylation sites is 1. The predicted octanol–water partition coefficient (Wildman–Crippen LogP) is 21.4. The summed E-state index contributed by atoms with van der Waals surface area (Å²) in [5.74, 6) is 0.470. The van der Waals surface area contributed by atoms with Crippen LogP contribution in [0.25, 0.3) is 11.1 Å². The van der Waals surface area contributed by atoms with Crippen molar-refractivity contribution in [3.63, 3.8) is 0 Å². The second-order valence-electron chi connectivity index (χ2n) is 16.8. The third-order valence-electron chi connectivity index (χ3n) is 10.8. The van der Waals surface area contributed by atoms with Gasteiger partial charge in [0.2, 0.25) is 0 Å². The fourth-order valence-corrected chi connectivity index (χ4v) is 7.03. The van der Waals surface area contributed by atoms with Crippen LogP contribution in [-0.4, -0.2) is 6.04 Å². The Morgan fingerprint density at radius 3 is 1.23 bits per heavy atom. The topological polar surface area (TPSA) is 29.3 Å². The van der Waals surface area contributed by atoms with E-state index >= 15 is 0 Å². The number of anilines is 3. The van der Waals surface area contributed by atoms with E-state index in [1.807, 2.05) is 135 Å². The first-order valence-electron chi connectivity index (χ1n) is 26.6. The van der Waals surface area contributed by atoms with E-state index in [4.69, 9.17) is 5.73 Å². The Labute approximate surface area is 447 Å². The smallest absolute Gasteiger partial charge is 0.0629 e. The monoisotopic (exact) mass is 975 g/mol. The highest BCUT2D eigenvalue weighted by Gasteiger charge is 2.36. The van der Waals surface area contributed by atoms with E-state index in [0.717, 1.165) is 16.8 Å². The van der Waals surface area contributed by atoms with Crippen LogP contribution in [0.2, 0.25) is 0 Å². The summed E-state index contributed by atoms with van der Waals surface area (Å²) in [6.45, 7) is 40.7. The maximum Gasteiger partial charge on any atom is 0.0629 e. The van der Waals surface area contributed by atoms with Gasteiger partial charge in [0.1, 0.15) is 0 Å². The Morgan fingerprint density at radius 2 is 0.836 bits per heavy atom. The summed E-state index contributed by atoms with van der Waals surface area (Å²) >= 11 is 0. The highest BCUT2D eigenvalue weighted by atomic mass is 15.2. The zero-order valence-electron chi connectivity index (χ0n) is 48.1. The third-order valence-corrected chi connectivity index (χ3v) is 10.8. The van der Waals surface area contributed by atoms with Crippen molar-refractivity contribution in [2.75, 3.05) is 10.6 Å². The SMILES string of the molecule is C=C(/C=C\C=C/C)C(=C)/C=C\C=C/C.CC.CC.CC.CCC.Cc1ccc(C)cc1.Cc1ccc(N)cc1.Cc1ccc(N2c3ccccc3C3C=CC=CC32)cc1.Cc1ccccc1-c1ccccc1C. The molecule has 0 saturated carbocycles. The van der Waals surface area contributed by atoms with Crippen molar-refractivity contribution in [1.29, 1.82) is 0 Å². The molecule has 6 aromatic carbocycles. The number of allylic oxidation sites excluding steroid dienone is 12. The van der Waals surface area contributed by atoms with Gasteiger partial charge in [-0.15, -0.1) is 0 Å². The number of hydrogen-bond donors (Lipinski definition) is 1. The molecule has 388 valence electrons. The van der Waals surface area contributed by atoms with Gasteiger partial charge in [-0.25, -0.2) is 0 Å². The van der Waals surface area contributed by atoms with Crippen LogP contribution in [0.1, 0.15) is 121 Å². The van der Waals surface area contributed by atoms with Crippen molar-refractivity contribution in [3.8, 4) is 11.1 Å². The van der Waals surface area contributed by atoms with Crippen LogP contribution in [0.3, 0.4) is 0 Å². The van der Waals surface area contributed by atoms with Crippen molar-refractivity contribution in [2.24, 2.45) is 0 Å². The van der Waals surface area contributed by atoms with E-state index in [-0.39, 0.29) is 0 Å². The van der Waals surface area contributed by atoms with Crippen molar-refractivity contribution in [2.45, 2.75) is 129 Å². The highest BCUT2D eigenvalue weighted by Crippen LogP contribution is 2.47. The Morgan fingerprint density at radius 1 is 0.479 bits per heavy atom. The standard InChI is InChI=1S/C19H17N.C14H14.C14H18.C8H10.C7H9N.C3H8.3C2H6/c1-14-10-12-15(13-11-14)20-18-8-4-2-6-16(18)17-7-3-5-9-19(17)20;1-11-7-3-5-9-13(11)14-10-6-4-8-12(14)2;1-5-7-9-11-13(3)14(4)12-10-8-6-2;1-7-3-5-8(2)6-4-7;1-6-2-4-7(8)5-3-6;1-3-2;3*1-2/h2-13,16,18H,1H3;3-10H,1-2H3;5-12H,3-4H2,1-2H3;3-6H,1-2H3;2-5H,8H2,1H3;3H2,1-2H3;3*1-2H3/b;;7-5-,8-6-,11-9-,12-10-;;;;;;. The Kier molecular flexibility index (Phi) is 36.5. The molecule has 2 aliphatic rings. The molecule has 2 atom stereocenters. The molecule has 2 heteroatoms. The second-order valence-corrected chi connectivity index (χ2v) is 16.8. The molecule has 2 N–H and O–H groups in total. The molecule has 0 spiro atoms. The molecular formula is C71H94N2. The number of rotatable bonds is 7. The number of benzene rings is 6. The number of nitrogens with two attached hydrogens (primary N) is 1. The van der Waals surface area contributed by atoms with Gasteiger partial charge in [0.25, 0.3) is 0 Å². The van der Waals surface area contributed by atoms with E-state index in [9.17, 15) is 0 Å². The van der Waals surface area contributed by atoms with E-state index in [0.29, 0.717) is 12.0 Å². The summed E-state index contributed by atoms with van der Waals surface area (Å²) in [4.78, 5) is 2.46. The molecule has 0 fully saturated rings. The van der Waals surface area contributed by atoms with Crippen molar-refractivity contribution >= 4 is 17.1 Å². The van der Waals surface area contributed by atoms with Gasteiger partial charge in [0.15, 0.2) is 0 Å². The molecule has 1 aliphatic carbocycles. The molecule has 0 amide bonds. The van der Waals surface area contributed by atoms with Gasteiger partial charge in [0, 0.05) is 23.0 Å². The van der Waals surface area contributed by atoms with Gasteiger partial charge >= 0.3 is 0 Å². The molecule has 1 heterocycles. The Balaban J connectivity index is 0.000000882. The molecule has 0 aromatic heterocycles. The zero-order valence-corrected chi connectivity index (χ0v) is 48.1.